The van der Waals surface area contributed by atoms with Gasteiger partial charge in [0.1, 0.15) is 30.1 Å². The SMILES string of the molecule is N=CCCCCc1ccc(-c2cc3c(Nc4ccc(OCc5ccccc5)cc4)ncnc3[nH]2)cc1. The summed E-state index contributed by atoms with van der Waals surface area (Å²) in [5.74, 6) is 1.57. The molecule has 5 rings (SSSR count). The molecule has 0 radical (unpaired) electrons. The first-order valence-electron chi connectivity index (χ1n) is 12.2. The van der Waals surface area contributed by atoms with Crippen molar-refractivity contribution >= 4 is 28.8 Å². The molecule has 0 amide bonds. The fourth-order valence-corrected chi connectivity index (χ4v) is 4.13. The average Bonchev–Trinajstić information content (AvgIpc) is 3.37. The van der Waals surface area contributed by atoms with E-state index in [9.17, 15) is 0 Å². The van der Waals surface area contributed by atoms with E-state index in [0.29, 0.717) is 6.61 Å². The molecule has 3 aromatic carbocycles. The number of H-pyrrole nitrogens is 1. The quantitative estimate of drug-likeness (QED) is 0.138. The third-order valence-electron chi connectivity index (χ3n) is 6.12. The van der Waals surface area contributed by atoms with E-state index < -0.39 is 0 Å². The van der Waals surface area contributed by atoms with Gasteiger partial charge in [-0.3, -0.25) is 0 Å². The van der Waals surface area contributed by atoms with Gasteiger partial charge < -0.3 is 20.4 Å². The van der Waals surface area contributed by atoms with E-state index in [2.05, 4.69) is 62.7 Å². The van der Waals surface area contributed by atoms with Crippen molar-refractivity contribution in [3.63, 3.8) is 0 Å². The van der Waals surface area contributed by atoms with Crippen LogP contribution >= 0.6 is 0 Å². The highest BCUT2D eigenvalue weighted by molar-refractivity contribution is 5.92. The van der Waals surface area contributed by atoms with Crippen molar-refractivity contribution < 1.29 is 4.74 Å². The zero-order valence-corrected chi connectivity index (χ0v) is 20.1. The highest BCUT2D eigenvalue weighted by Crippen LogP contribution is 2.29. The first-order chi connectivity index (χ1) is 17.8. The number of aryl methyl sites for hydroxylation is 1. The summed E-state index contributed by atoms with van der Waals surface area (Å²) in [6, 6.07) is 28.8. The van der Waals surface area contributed by atoms with Crippen LogP contribution in [0.2, 0.25) is 0 Å². The summed E-state index contributed by atoms with van der Waals surface area (Å²) in [4.78, 5) is 12.3. The lowest BCUT2D eigenvalue weighted by Gasteiger charge is -2.09. The lowest BCUT2D eigenvalue weighted by atomic mass is 10.0. The Labute approximate surface area is 210 Å². The van der Waals surface area contributed by atoms with Crippen LogP contribution in [0.25, 0.3) is 22.3 Å². The predicted molar refractivity (Wildman–Crippen MR) is 146 cm³/mol. The lowest BCUT2D eigenvalue weighted by Crippen LogP contribution is -1.97. The zero-order valence-electron chi connectivity index (χ0n) is 20.1. The summed E-state index contributed by atoms with van der Waals surface area (Å²) in [5.41, 5.74) is 6.30. The Morgan fingerprint density at radius 1 is 0.861 bits per heavy atom. The molecule has 0 aliphatic rings. The third-order valence-corrected chi connectivity index (χ3v) is 6.12. The maximum atomic E-state index is 7.14. The number of aromatic nitrogens is 3. The Balaban J connectivity index is 1.26. The van der Waals surface area contributed by atoms with Gasteiger partial charge in [-0.2, -0.15) is 0 Å². The largest absolute Gasteiger partial charge is 0.489 e. The second-order valence-corrected chi connectivity index (χ2v) is 8.74. The van der Waals surface area contributed by atoms with Gasteiger partial charge in [0.2, 0.25) is 0 Å². The van der Waals surface area contributed by atoms with Crippen LogP contribution in [0, 0.1) is 5.41 Å². The fourth-order valence-electron chi connectivity index (χ4n) is 4.13. The van der Waals surface area contributed by atoms with Gasteiger partial charge >= 0.3 is 0 Å². The van der Waals surface area contributed by atoms with Crippen molar-refractivity contribution in [3.05, 3.63) is 102 Å². The maximum absolute atomic E-state index is 7.14. The number of ether oxygens (including phenoxy) is 1. The van der Waals surface area contributed by atoms with Crippen molar-refractivity contribution in [2.45, 2.75) is 32.3 Å². The second kappa shape index (κ2) is 11.3. The first kappa shape index (κ1) is 23.3. The fraction of sp³-hybridized carbons (Fsp3) is 0.167. The minimum atomic E-state index is 0.540. The third kappa shape index (κ3) is 5.78. The minimum absolute atomic E-state index is 0.540. The minimum Gasteiger partial charge on any atom is -0.489 e. The first-order valence-corrected chi connectivity index (χ1v) is 12.2. The van der Waals surface area contributed by atoms with Crippen molar-refractivity contribution in [3.8, 4) is 17.0 Å². The van der Waals surface area contributed by atoms with Crippen LogP contribution in [0.1, 0.15) is 30.4 Å². The van der Waals surface area contributed by atoms with Gasteiger partial charge in [0.25, 0.3) is 0 Å². The average molecular weight is 476 g/mol. The highest BCUT2D eigenvalue weighted by Gasteiger charge is 2.10. The predicted octanol–water partition coefficient (Wildman–Crippen LogP) is 7.31. The topological polar surface area (TPSA) is 86.7 Å². The molecule has 0 unspecified atom stereocenters. The number of benzene rings is 3. The van der Waals surface area contributed by atoms with Gasteiger partial charge in [-0.25, -0.2) is 9.97 Å². The molecule has 0 fully saturated rings. The van der Waals surface area contributed by atoms with E-state index in [4.69, 9.17) is 10.1 Å². The van der Waals surface area contributed by atoms with Crippen molar-refractivity contribution in [2.24, 2.45) is 0 Å². The number of fused-ring (bicyclic) bond motifs is 1. The molecular formula is C30H29N5O. The maximum Gasteiger partial charge on any atom is 0.143 e. The number of rotatable bonds is 11. The van der Waals surface area contributed by atoms with E-state index in [0.717, 1.165) is 70.8 Å². The van der Waals surface area contributed by atoms with E-state index in [1.54, 1.807) is 6.33 Å². The van der Waals surface area contributed by atoms with E-state index in [1.165, 1.54) is 11.8 Å². The van der Waals surface area contributed by atoms with Crippen molar-refractivity contribution in [1.82, 2.24) is 15.0 Å². The van der Waals surface area contributed by atoms with Crippen LogP contribution in [0.3, 0.4) is 0 Å². The molecule has 5 aromatic rings. The van der Waals surface area contributed by atoms with Gasteiger partial charge in [-0.1, -0.05) is 54.6 Å². The van der Waals surface area contributed by atoms with Crippen LogP contribution in [0.4, 0.5) is 11.5 Å². The summed E-state index contributed by atoms with van der Waals surface area (Å²) in [7, 11) is 0. The molecule has 2 aromatic heterocycles. The van der Waals surface area contributed by atoms with Gasteiger partial charge in [0.15, 0.2) is 0 Å². The number of unbranched alkanes of at least 4 members (excludes halogenated alkanes) is 2. The van der Waals surface area contributed by atoms with Gasteiger partial charge in [0.05, 0.1) is 5.39 Å². The van der Waals surface area contributed by atoms with Crippen LogP contribution < -0.4 is 10.1 Å². The number of nitrogens with zero attached hydrogens (tertiary/aromatic N) is 2. The second-order valence-electron chi connectivity index (χ2n) is 8.74. The van der Waals surface area contributed by atoms with Gasteiger partial charge in [-0.05, 0) is 78.9 Å². The Hall–Kier alpha value is -4.45. The molecule has 6 heteroatoms. The lowest BCUT2D eigenvalue weighted by molar-refractivity contribution is 0.306. The molecule has 0 aliphatic carbocycles. The summed E-state index contributed by atoms with van der Waals surface area (Å²) in [6.45, 7) is 0.540. The Kier molecular flexibility index (Phi) is 7.32. The van der Waals surface area contributed by atoms with Crippen LogP contribution in [-0.2, 0) is 13.0 Å². The van der Waals surface area contributed by atoms with Crippen molar-refractivity contribution in [2.75, 3.05) is 5.32 Å². The Bertz CT molecular complexity index is 1410. The van der Waals surface area contributed by atoms with Crippen LogP contribution in [-0.4, -0.2) is 21.2 Å². The van der Waals surface area contributed by atoms with E-state index in [-0.39, 0.29) is 0 Å². The molecule has 0 saturated carbocycles. The number of nitrogens with one attached hydrogen (secondary N) is 3. The Morgan fingerprint density at radius 2 is 1.67 bits per heavy atom. The number of anilines is 2. The van der Waals surface area contributed by atoms with Gasteiger partial charge in [0, 0.05) is 11.4 Å². The molecule has 0 bridgehead atoms. The van der Waals surface area contributed by atoms with E-state index >= 15 is 0 Å². The molecule has 0 atom stereocenters. The molecule has 6 nitrogen and oxygen atoms in total. The number of hydrogen-bond acceptors (Lipinski definition) is 5. The molecule has 3 N–H and O–H groups in total. The summed E-state index contributed by atoms with van der Waals surface area (Å²) < 4.78 is 5.89. The van der Waals surface area contributed by atoms with Crippen molar-refractivity contribution in [1.29, 1.82) is 5.41 Å². The summed E-state index contributed by atoms with van der Waals surface area (Å²) in [5, 5.41) is 11.5. The summed E-state index contributed by atoms with van der Waals surface area (Å²) in [6.07, 6.45) is 7.12. The van der Waals surface area contributed by atoms with Crippen LogP contribution in [0.15, 0.2) is 91.3 Å². The summed E-state index contributed by atoms with van der Waals surface area (Å²) >= 11 is 0. The zero-order chi connectivity index (χ0) is 24.6. The molecule has 0 aliphatic heterocycles. The van der Waals surface area contributed by atoms with E-state index in [1.807, 2.05) is 42.5 Å². The molecule has 180 valence electrons. The number of hydrogen-bond donors (Lipinski definition) is 3. The van der Waals surface area contributed by atoms with Gasteiger partial charge in [-0.15, -0.1) is 0 Å². The molecule has 0 spiro atoms. The van der Waals surface area contributed by atoms with Crippen LogP contribution in [0.5, 0.6) is 5.75 Å². The molecular weight excluding hydrogens is 446 g/mol. The monoisotopic (exact) mass is 475 g/mol. The molecule has 0 saturated heterocycles. The smallest absolute Gasteiger partial charge is 0.143 e. The molecule has 36 heavy (non-hydrogen) atoms. The normalized spacial score (nSPS) is 10.9. The standard InChI is InChI=1S/C30H29N5O/c31-18-6-2-5-7-22-10-12-24(13-11-22)28-19-27-29(32-21-33-30(27)35-28)34-25-14-16-26(17-15-25)36-20-23-8-3-1-4-9-23/h1,3-4,8-19,21,31H,2,5-7,20H2,(H2,32,33,34,35). The number of aromatic amines is 1. The Morgan fingerprint density at radius 3 is 2.44 bits per heavy atom. The molecule has 2 heterocycles. The highest BCUT2D eigenvalue weighted by atomic mass is 16.5.